The van der Waals surface area contributed by atoms with Crippen molar-refractivity contribution < 1.29 is 14.3 Å². The molecule has 24 heavy (non-hydrogen) atoms. The quantitative estimate of drug-likeness (QED) is 0.841. The van der Waals surface area contributed by atoms with Gasteiger partial charge in [-0.15, -0.1) is 0 Å². The second-order valence-corrected chi connectivity index (χ2v) is 6.20. The van der Waals surface area contributed by atoms with Crippen LogP contribution in [0, 0.1) is 0 Å². The molecule has 0 aliphatic carbocycles. The van der Waals surface area contributed by atoms with Crippen molar-refractivity contribution in [2.75, 3.05) is 6.61 Å². The summed E-state index contributed by atoms with van der Waals surface area (Å²) in [6.45, 7) is 2.26. The van der Waals surface area contributed by atoms with Crippen molar-refractivity contribution in [1.29, 1.82) is 0 Å². The highest BCUT2D eigenvalue weighted by atomic mass is 16.6. The molecule has 0 radical (unpaired) electrons. The fourth-order valence-corrected chi connectivity index (χ4v) is 3.06. The standard InChI is InChI=1S/C20H21NO3/c1-15(17-10-6-3-7-11-17)12-19(22)21-18(14-24-20(21)23)13-16-8-4-2-5-9-16/h2-11,15,18H,12-14H2,1H3/t15-,18-/m1/s1. The molecule has 0 spiro atoms. The lowest BCUT2D eigenvalue weighted by Gasteiger charge is -2.21. The Morgan fingerprint density at radius 1 is 1.12 bits per heavy atom. The Morgan fingerprint density at radius 3 is 2.42 bits per heavy atom. The van der Waals surface area contributed by atoms with Crippen molar-refractivity contribution in [2.45, 2.75) is 31.7 Å². The largest absolute Gasteiger partial charge is 0.447 e. The molecule has 0 bridgehead atoms. The van der Waals surface area contributed by atoms with Crippen molar-refractivity contribution in [3.63, 3.8) is 0 Å². The molecule has 0 unspecified atom stereocenters. The number of nitrogens with zero attached hydrogens (tertiary/aromatic N) is 1. The molecule has 1 heterocycles. The average Bonchev–Trinajstić information content (AvgIpc) is 2.97. The summed E-state index contributed by atoms with van der Waals surface area (Å²) in [5, 5.41) is 0. The molecular weight excluding hydrogens is 302 g/mol. The Kier molecular flexibility index (Phi) is 4.94. The van der Waals surface area contributed by atoms with E-state index >= 15 is 0 Å². The summed E-state index contributed by atoms with van der Waals surface area (Å²) in [6, 6.07) is 19.5. The molecule has 1 fully saturated rings. The van der Waals surface area contributed by atoms with E-state index in [1.165, 1.54) is 4.90 Å². The zero-order chi connectivity index (χ0) is 16.9. The minimum atomic E-state index is -0.527. The van der Waals surface area contributed by atoms with Gasteiger partial charge in [0.25, 0.3) is 0 Å². The van der Waals surface area contributed by atoms with Crippen molar-refractivity contribution in [2.24, 2.45) is 0 Å². The minimum Gasteiger partial charge on any atom is -0.447 e. The number of hydrogen-bond acceptors (Lipinski definition) is 3. The third-order valence-corrected chi connectivity index (χ3v) is 4.39. The molecular formula is C20H21NO3. The monoisotopic (exact) mass is 323 g/mol. The molecule has 2 atom stereocenters. The van der Waals surface area contributed by atoms with Crippen LogP contribution in [0.3, 0.4) is 0 Å². The highest BCUT2D eigenvalue weighted by Gasteiger charge is 2.38. The van der Waals surface area contributed by atoms with Gasteiger partial charge in [0, 0.05) is 6.42 Å². The predicted octanol–water partition coefficient (Wildman–Crippen LogP) is 3.77. The summed E-state index contributed by atoms with van der Waals surface area (Å²) in [5.74, 6) is -0.112. The lowest BCUT2D eigenvalue weighted by Crippen LogP contribution is -2.40. The number of rotatable bonds is 5. The Hall–Kier alpha value is -2.62. The highest BCUT2D eigenvalue weighted by molar-refractivity contribution is 5.93. The number of carbonyl (C=O) groups excluding carboxylic acids is 2. The van der Waals surface area contributed by atoms with Gasteiger partial charge in [0.05, 0.1) is 6.04 Å². The summed E-state index contributed by atoms with van der Waals surface area (Å²) < 4.78 is 5.12. The zero-order valence-corrected chi connectivity index (χ0v) is 13.7. The van der Waals surface area contributed by atoms with Crippen molar-refractivity contribution in [3.8, 4) is 0 Å². The average molecular weight is 323 g/mol. The van der Waals surface area contributed by atoms with E-state index < -0.39 is 6.09 Å². The number of carbonyl (C=O) groups is 2. The topological polar surface area (TPSA) is 46.6 Å². The molecule has 0 aromatic heterocycles. The SMILES string of the molecule is C[C@H](CC(=O)N1C(=O)OC[C@H]1Cc1ccccc1)c1ccccc1. The van der Waals surface area contributed by atoms with Crippen LogP contribution in [0.25, 0.3) is 0 Å². The van der Waals surface area contributed by atoms with Gasteiger partial charge in [-0.1, -0.05) is 67.6 Å². The van der Waals surface area contributed by atoms with Crippen LogP contribution in [0.5, 0.6) is 0 Å². The molecule has 4 nitrogen and oxygen atoms in total. The van der Waals surface area contributed by atoms with Gasteiger partial charge < -0.3 is 4.74 Å². The maximum Gasteiger partial charge on any atom is 0.416 e. The molecule has 0 saturated carbocycles. The smallest absolute Gasteiger partial charge is 0.416 e. The van der Waals surface area contributed by atoms with Gasteiger partial charge in [0.2, 0.25) is 5.91 Å². The number of benzene rings is 2. The third-order valence-electron chi connectivity index (χ3n) is 4.39. The highest BCUT2D eigenvalue weighted by Crippen LogP contribution is 2.24. The minimum absolute atomic E-state index is 0.0597. The summed E-state index contributed by atoms with van der Waals surface area (Å²) in [4.78, 5) is 26.0. The van der Waals surface area contributed by atoms with Crippen LogP contribution in [0.1, 0.15) is 30.4 Å². The van der Waals surface area contributed by atoms with Crippen molar-refractivity contribution in [3.05, 3.63) is 71.8 Å². The Morgan fingerprint density at radius 2 is 1.75 bits per heavy atom. The van der Waals surface area contributed by atoms with E-state index in [4.69, 9.17) is 4.74 Å². The second kappa shape index (κ2) is 7.30. The van der Waals surface area contributed by atoms with E-state index in [-0.39, 0.29) is 24.5 Å². The van der Waals surface area contributed by atoms with E-state index in [1.807, 2.05) is 67.6 Å². The van der Waals surface area contributed by atoms with Crippen LogP contribution < -0.4 is 0 Å². The van der Waals surface area contributed by atoms with Gasteiger partial charge in [-0.3, -0.25) is 4.79 Å². The summed E-state index contributed by atoms with van der Waals surface area (Å²) in [5.41, 5.74) is 2.19. The van der Waals surface area contributed by atoms with Crippen LogP contribution in [0.4, 0.5) is 4.79 Å². The fourth-order valence-electron chi connectivity index (χ4n) is 3.06. The first-order valence-corrected chi connectivity index (χ1v) is 8.23. The maximum absolute atomic E-state index is 12.7. The Bertz CT molecular complexity index is 699. The number of cyclic esters (lactones) is 1. The van der Waals surface area contributed by atoms with Crippen LogP contribution in [0.2, 0.25) is 0 Å². The molecule has 0 N–H and O–H groups in total. The number of hydrogen-bond donors (Lipinski definition) is 0. The number of amides is 2. The first kappa shape index (κ1) is 16.2. The van der Waals surface area contributed by atoms with Gasteiger partial charge in [-0.25, -0.2) is 9.69 Å². The molecule has 2 amide bonds. The number of ether oxygens (including phenoxy) is 1. The molecule has 2 aromatic carbocycles. The molecule has 1 saturated heterocycles. The number of imide groups is 1. The van der Waals surface area contributed by atoms with Gasteiger partial charge in [-0.2, -0.15) is 0 Å². The molecule has 1 aliphatic rings. The summed E-state index contributed by atoms with van der Waals surface area (Å²) in [6.07, 6.45) is 0.392. The van der Waals surface area contributed by atoms with E-state index in [9.17, 15) is 9.59 Å². The zero-order valence-electron chi connectivity index (χ0n) is 13.7. The van der Waals surface area contributed by atoms with E-state index in [1.54, 1.807) is 0 Å². The van der Waals surface area contributed by atoms with E-state index in [0.717, 1.165) is 11.1 Å². The molecule has 4 heteroatoms. The van der Waals surface area contributed by atoms with Crippen molar-refractivity contribution in [1.82, 2.24) is 4.90 Å². The summed E-state index contributed by atoms with van der Waals surface area (Å²) in [7, 11) is 0. The lowest BCUT2D eigenvalue weighted by atomic mass is 9.97. The summed E-state index contributed by atoms with van der Waals surface area (Å²) >= 11 is 0. The van der Waals surface area contributed by atoms with E-state index in [2.05, 4.69) is 0 Å². The first-order chi connectivity index (χ1) is 11.6. The molecule has 2 aromatic rings. The third kappa shape index (κ3) is 3.65. The van der Waals surface area contributed by atoms with Crippen LogP contribution >= 0.6 is 0 Å². The van der Waals surface area contributed by atoms with Crippen LogP contribution in [-0.2, 0) is 16.0 Å². The van der Waals surface area contributed by atoms with E-state index in [0.29, 0.717) is 12.8 Å². The molecule has 124 valence electrons. The van der Waals surface area contributed by atoms with Gasteiger partial charge in [-0.05, 0) is 23.5 Å². The van der Waals surface area contributed by atoms with Gasteiger partial charge in [0.15, 0.2) is 0 Å². The van der Waals surface area contributed by atoms with Crippen LogP contribution in [-0.4, -0.2) is 29.5 Å². The lowest BCUT2D eigenvalue weighted by molar-refractivity contribution is -0.129. The van der Waals surface area contributed by atoms with Crippen molar-refractivity contribution >= 4 is 12.0 Å². The first-order valence-electron chi connectivity index (χ1n) is 8.23. The van der Waals surface area contributed by atoms with Gasteiger partial charge >= 0.3 is 6.09 Å². The Balaban J connectivity index is 1.68. The molecule has 3 rings (SSSR count). The Labute approximate surface area is 142 Å². The second-order valence-electron chi connectivity index (χ2n) is 6.20. The predicted molar refractivity (Wildman–Crippen MR) is 91.6 cm³/mol. The normalized spacial score (nSPS) is 18.3. The fraction of sp³-hybridized carbons (Fsp3) is 0.300. The molecule has 1 aliphatic heterocycles. The maximum atomic E-state index is 12.7. The van der Waals surface area contributed by atoms with Crippen LogP contribution in [0.15, 0.2) is 60.7 Å². The van der Waals surface area contributed by atoms with Gasteiger partial charge in [0.1, 0.15) is 6.61 Å².